The molecule has 1 aromatic rings. The van der Waals surface area contributed by atoms with Gasteiger partial charge in [0, 0.05) is 19.3 Å². The van der Waals surface area contributed by atoms with Gasteiger partial charge in [0.2, 0.25) is 0 Å². The summed E-state index contributed by atoms with van der Waals surface area (Å²) in [6.07, 6.45) is 6.48. The molecule has 0 radical (unpaired) electrons. The summed E-state index contributed by atoms with van der Waals surface area (Å²) in [6, 6.07) is 1.91. The number of hydrogen-bond donors (Lipinski definition) is 1. The molecule has 0 spiro atoms. The number of urea groups is 1. The van der Waals surface area contributed by atoms with E-state index in [0.29, 0.717) is 38.7 Å². The highest BCUT2D eigenvalue weighted by Gasteiger charge is 2.24. The van der Waals surface area contributed by atoms with E-state index in [0.717, 1.165) is 12.8 Å². The summed E-state index contributed by atoms with van der Waals surface area (Å²) in [6.45, 7) is 4.83. The first-order valence-electron chi connectivity index (χ1n) is 8.49. The van der Waals surface area contributed by atoms with Crippen LogP contribution in [0, 0.1) is 0 Å². The average molecular weight is 319 g/mol. The van der Waals surface area contributed by atoms with E-state index in [1.54, 1.807) is 4.90 Å². The van der Waals surface area contributed by atoms with E-state index in [1.165, 1.54) is 24.0 Å². The minimum Gasteiger partial charge on any atom is -0.379 e. The zero-order valence-electron chi connectivity index (χ0n) is 13.7. The van der Waals surface area contributed by atoms with Crippen LogP contribution in [0.25, 0.3) is 0 Å². The van der Waals surface area contributed by atoms with Crippen molar-refractivity contribution in [2.45, 2.75) is 38.7 Å². The summed E-state index contributed by atoms with van der Waals surface area (Å²) in [5.41, 5.74) is 2.63. The van der Waals surface area contributed by atoms with Crippen LogP contribution in [0.15, 0.2) is 12.3 Å². The van der Waals surface area contributed by atoms with E-state index in [-0.39, 0.29) is 12.1 Å². The van der Waals surface area contributed by atoms with E-state index in [1.807, 2.05) is 19.2 Å². The number of fused-ring (bicyclic) bond motifs is 1. The zero-order valence-corrected chi connectivity index (χ0v) is 13.7. The monoisotopic (exact) mass is 319 g/mol. The van der Waals surface area contributed by atoms with Crippen LogP contribution in [-0.4, -0.2) is 54.9 Å². The van der Waals surface area contributed by atoms with Gasteiger partial charge >= 0.3 is 6.03 Å². The Morgan fingerprint density at radius 2 is 2.26 bits per heavy atom. The minimum absolute atomic E-state index is 0.0501. The maximum Gasteiger partial charge on any atom is 0.323 e. The van der Waals surface area contributed by atoms with Crippen LogP contribution in [0.4, 0.5) is 10.6 Å². The number of hydrogen-bond acceptors (Lipinski definition) is 4. The number of morpholine rings is 1. The zero-order chi connectivity index (χ0) is 16.1. The third-order valence-corrected chi connectivity index (χ3v) is 4.39. The van der Waals surface area contributed by atoms with Crippen LogP contribution in [0.5, 0.6) is 0 Å². The fourth-order valence-electron chi connectivity index (χ4n) is 3.13. The number of nitrogens with one attached hydrogen (secondary N) is 1. The van der Waals surface area contributed by atoms with E-state index < -0.39 is 0 Å². The van der Waals surface area contributed by atoms with E-state index in [2.05, 4.69) is 10.3 Å². The summed E-state index contributed by atoms with van der Waals surface area (Å²) in [4.78, 5) is 18.6. The molecule has 6 heteroatoms. The van der Waals surface area contributed by atoms with Crippen molar-refractivity contribution in [3.63, 3.8) is 0 Å². The smallest absolute Gasteiger partial charge is 0.323 e. The number of carbonyl (C=O) groups is 1. The molecule has 1 aliphatic carbocycles. The number of carbonyl (C=O) groups excluding carboxylic acids is 1. The first kappa shape index (κ1) is 16.2. The Labute approximate surface area is 137 Å². The minimum atomic E-state index is -0.113. The summed E-state index contributed by atoms with van der Waals surface area (Å²) in [5.74, 6) is 0.642. The Hall–Kier alpha value is -1.66. The van der Waals surface area contributed by atoms with Crippen molar-refractivity contribution < 1.29 is 14.3 Å². The number of rotatable bonds is 4. The standard InChI is InChI=1S/C17H25N3O3/c1-2-22-12-15-11-20(7-8-23-15)17(21)19-16-9-13-5-3-4-6-14(13)10-18-16/h9-10,15H,2-8,11-12H2,1H3,(H,18,19,21). The second kappa shape index (κ2) is 7.75. The van der Waals surface area contributed by atoms with Crippen molar-refractivity contribution in [1.29, 1.82) is 0 Å². The molecule has 1 saturated heterocycles. The molecule has 6 nitrogen and oxygen atoms in total. The fourth-order valence-corrected chi connectivity index (χ4v) is 3.13. The summed E-state index contributed by atoms with van der Waals surface area (Å²) < 4.78 is 11.0. The molecule has 1 aromatic heterocycles. The first-order valence-corrected chi connectivity index (χ1v) is 8.49. The Bertz CT molecular complexity index is 550. The molecule has 1 N–H and O–H groups in total. The Kier molecular flexibility index (Phi) is 5.46. The van der Waals surface area contributed by atoms with E-state index >= 15 is 0 Å². The maximum absolute atomic E-state index is 12.4. The Balaban J connectivity index is 1.58. The lowest BCUT2D eigenvalue weighted by Crippen LogP contribution is -2.48. The molecular weight excluding hydrogens is 294 g/mol. The molecule has 126 valence electrons. The van der Waals surface area contributed by atoms with Crippen molar-refractivity contribution >= 4 is 11.8 Å². The number of amides is 2. The average Bonchev–Trinajstić information content (AvgIpc) is 2.60. The van der Waals surface area contributed by atoms with Gasteiger partial charge in [0.1, 0.15) is 5.82 Å². The van der Waals surface area contributed by atoms with Crippen molar-refractivity contribution in [1.82, 2.24) is 9.88 Å². The van der Waals surface area contributed by atoms with Crippen molar-refractivity contribution in [3.05, 3.63) is 23.4 Å². The molecule has 0 bridgehead atoms. The molecule has 3 rings (SSSR count). The second-order valence-electron chi connectivity index (χ2n) is 6.07. The van der Waals surface area contributed by atoms with Crippen molar-refractivity contribution in [3.8, 4) is 0 Å². The summed E-state index contributed by atoms with van der Waals surface area (Å²) >= 11 is 0. The van der Waals surface area contributed by atoms with Gasteiger partial charge in [0.25, 0.3) is 0 Å². The molecule has 23 heavy (non-hydrogen) atoms. The molecular formula is C17H25N3O3. The van der Waals surface area contributed by atoms with Gasteiger partial charge in [0.05, 0.1) is 25.9 Å². The third-order valence-electron chi connectivity index (χ3n) is 4.39. The van der Waals surface area contributed by atoms with Gasteiger partial charge in [-0.05, 0) is 49.8 Å². The fraction of sp³-hybridized carbons (Fsp3) is 0.647. The lowest BCUT2D eigenvalue weighted by atomic mass is 9.93. The van der Waals surface area contributed by atoms with Gasteiger partial charge in [-0.25, -0.2) is 9.78 Å². The van der Waals surface area contributed by atoms with E-state index in [9.17, 15) is 4.79 Å². The molecule has 2 heterocycles. The van der Waals surface area contributed by atoms with Gasteiger partial charge < -0.3 is 14.4 Å². The molecule has 1 aliphatic heterocycles. The number of pyridine rings is 1. The van der Waals surface area contributed by atoms with Gasteiger partial charge in [-0.1, -0.05) is 0 Å². The number of aryl methyl sites for hydroxylation is 2. The van der Waals surface area contributed by atoms with Crippen LogP contribution in [0.1, 0.15) is 30.9 Å². The van der Waals surface area contributed by atoms with Crippen molar-refractivity contribution in [2.75, 3.05) is 38.2 Å². The molecule has 0 saturated carbocycles. The maximum atomic E-state index is 12.4. The highest BCUT2D eigenvalue weighted by atomic mass is 16.5. The highest BCUT2D eigenvalue weighted by Crippen LogP contribution is 2.22. The summed E-state index contributed by atoms with van der Waals surface area (Å²) in [5, 5.41) is 2.92. The predicted molar refractivity (Wildman–Crippen MR) is 87.7 cm³/mol. The lowest BCUT2D eigenvalue weighted by Gasteiger charge is -2.32. The van der Waals surface area contributed by atoms with E-state index in [4.69, 9.17) is 9.47 Å². The molecule has 2 amide bonds. The van der Waals surface area contributed by atoms with Crippen LogP contribution < -0.4 is 5.32 Å². The molecule has 1 atom stereocenters. The molecule has 0 aromatic carbocycles. The SMILES string of the molecule is CCOCC1CN(C(=O)Nc2cc3c(cn2)CCCC3)CCO1. The quantitative estimate of drug-likeness (QED) is 0.924. The van der Waals surface area contributed by atoms with Crippen LogP contribution in [0.3, 0.4) is 0 Å². The molecule has 1 unspecified atom stereocenters. The number of anilines is 1. The summed E-state index contributed by atoms with van der Waals surface area (Å²) in [7, 11) is 0. The number of ether oxygens (including phenoxy) is 2. The van der Waals surface area contributed by atoms with Crippen LogP contribution >= 0.6 is 0 Å². The van der Waals surface area contributed by atoms with Gasteiger partial charge in [-0.15, -0.1) is 0 Å². The Morgan fingerprint density at radius 3 is 3.09 bits per heavy atom. The van der Waals surface area contributed by atoms with Crippen LogP contribution in [-0.2, 0) is 22.3 Å². The topological polar surface area (TPSA) is 63.7 Å². The molecule has 1 fully saturated rings. The van der Waals surface area contributed by atoms with Crippen molar-refractivity contribution in [2.24, 2.45) is 0 Å². The first-order chi connectivity index (χ1) is 11.3. The number of aromatic nitrogens is 1. The normalized spacial score (nSPS) is 20.9. The molecule has 2 aliphatic rings. The van der Waals surface area contributed by atoms with Crippen LogP contribution in [0.2, 0.25) is 0 Å². The van der Waals surface area contributed by atoms with Gasteiger partial charge in [0.15, 0.2) is 0 Å². The lowest BCUT2D eigenvalue weighted by molar-refractivity contribution is -0.0555. The third kappa shape index (κ3) is 4.20. The second-order valence-corrected chi connectivity index (χ2v) is 6.07. The van der Waals surface area contributed by atoms with Gasteiger partial charge in [-0.2, -0.15) is 0 Å². The Morgan fingerprint density at radius 1 is 1.43 bits per heavy atom. The van der Waals surface area contributed by atoms with Gasteiger partial charge in [-0.3, -0.25) is 5.32 Å². The number of nitrogens with zero attached hydrogens (tertiary/aromatic N) is 2. The largest absolute Gasteiger partial charge is 0.379 e. The predicted octanol–water partition coefficient (Wildman–Crippen LogP) is 2.23. The highest BCUT2D eigenvalue weighted by molar-refractivity contribution is 5.88.